The summed E-state index contributed by atoms with van der Waals surface area (Å²) in [6, 6.07) is 5.76. The van der Waals surface area contributed by atoms with Crippen LogP contribution in [-0.4, -0.2) is 26.2 Å². The van der Waals surface area contributed by atoms with E-state index in [0.29, 0.717) is 10.0 Å². The number of hydrogen-bond acceptors (Lipinski definition) is 2. The summed E-state index contributed by atoms with van der Waals surface area (Å²) >= 11 is 12.1. The highest BCUT2D eigenvalue weighted by atomic mass is 35.5. The molecule has 1 aromatic carbocycles. The van der Waals surface area contributed by atoms with Crippen molar-refractivity contribution in [1.29, 1.82) is 0 Å². The molecule has 0 aliphatic carbocycles. The summed E-state index contributed by atoms with van der Waals surface area (Å²) < 4.78 is 0. The van der Waals surface area contributed by atoms with Crippen LogP contribution in [0.3, 0.4) is 0 Å². The van der Waals surface area contributed by atoms with E-state index in [-0.39, 0.29) is 7.43 Å². The molecule has 0 bridgehead atoms. The number of halogens is 2. The first-order valence-electron chi connectivity index (χ1n) is 4.69. The van der Waals surface area contributed by atoms with Gasteiger partial charge in [0.05, 0.1) is 15.7 Å². The Morgan fingerprint density at radius 3 is 2.47 bits per heavy atom. The Balaban J connectivity index is 0.00000112. The van der Waals surface area contributed by atoms with Gasteiger partial charge in [0.1, 0.15) is 0 Å². The van der Waals surface area contributed by atoms with E-state index in [1.807, 2.05) is 18.2 Å². The standard InChI is InChI=1S/C10H12Cl2N2.CH4/c11-8-2-1-3-9(10(8)12)14-6-4-13-5-7-14;/h1-3,13H,4-7H2;1H4. The number of anilines is 1. The molecule has 4 heteroatoms. The zero-order valence-corrected chi connectivity index (χ0v) is 9.28. The number of nitrogens with one attached hydrogen (secondary N) is 1. The molecule has 0 amide bonds. The number of nitrogens with zero attached hydrogens (tertiary/aromatic N) is 1. The van der Waals surface area contributed by atoms with Gasteiger partial charge in [-0.2, -0.15) is 0 Å². The molecule has 84 valence electrons. The molecule has 1 N–H and O–H groups in total. The molecule has 0 radical (unpaired) electrons. The van der Waals surface area contributed by atoms with Crippen LogP contribution in [0.15, 0.2) is 18.2 Å². The van der Waals surface area contributed by atoms with Gasteiger partial charge in [-0.05, 0) is 12.1 Å². The quantitative estimate of drug-likeness (QED) is 0.820. The van der Waals surface area contributed by atoms with E-state index in [1.54, 1.807) is 0 Å². The van der Waals surface area contributed by atoms with Gasteiger partial charge in [0.2, 0.25) is 0 Å². The lowest BCUT2D eigenvalue weighted by Crippen LogP contribution is -2.43. The highest BCUT2D eigenvalue weighted by Crippen LogP contribution is 2.32. The molecule has 0 unspecified atom stereocenters. The highest BCUT2D eigenvalue weighted by molar-refractivity contribution is 6.43. The second-order valence-corrected chi connectivity index (χ2v) is 4.10. The minimum Gasteiger partial charge on any atom is -0.368 e. The third kappa shape index (κ3) is 2.77. The van der Waals surface area contributed by atoms with Gasteiger partial charge in [0, 0.05) is 26.2 Å². The van der Waals surface area contributed by atoms with Gasteiger partial charge >= 0.3 is 0 Å². The maximum Gasteiger partial charge on any atom is 0.0825 e. The molecule has 1 heterocycles. The summed E-state index contributed by atoms with van der Waals surface area (Å²) in [5.74, 6) is 0. The van der Waals surface area contributed by atoms with Crippen molar-refractivity contribution in [3.63, 3.8) is 0 Å². The zero-order chi connectivity index (χ0) is 9.97. The minimum absolute atomic E-state index is 0. The molecule has 2 nitrogen and oxygen atoms in total. The van der Waals surface area contributed by atoms with Gasteiger partial charge in [-0.3, -0.25) is 0 Å². The summed E-state index contributed by atoms with van der Waals surface area (Å²) in [6.07, 6.45) is 0. The Labute approximate surface area is 101 Å². The molecule has 1 fully saturated rings. The Kier molecular flexibility index (Phi) is 4.71. The average molecular weight is 247 g/mol. The molecule has 15 heavy (non-hydrogen) atoms. The largest absolute Gasteiger partial charge is 0.368 e. The van der Waals surface area contributed by atoms with Crippen molar-refractivity contribution in [2.75, 3.05) is 31.1 Å². The highest BCUT2D eigenvalue weighted by Gasteiger charge is 2.14. The average Bonchev–Trinajstić information content (AvgIpc) is 2.23. The molecule has 0 atom stereocenters. The van der Waals surface area contributed by atoms with Gasteiger partial charge in [0.25, 0.3) is 0 Å². The van der Waals surface area contributed by atoms with Crippen LogP contribution in [0.1, 0.15) is 7.43 Å². The van der Waals surface area contributed by atoms with Gasteiger partial charge in [-0.25, -0.2) is 0 Å². The first-order valence-corrected chi connectivity index (χ1v) is 5.44. The third-order valence-electron chi connectivity index (χ3n) is 2.39. The van der Waals surface area contributed by atoms with Crippen LogP contribution in [0.25, 0.3) is 0 Å². The molecule has 1 aromatic rings. The normalized spacial score (nSPS) is 16.0. The monoisotopic (exact) mass is 246 g/mol. The van der Waals surface area contributed by atoms with E-state index in [0.717, 1.165) is 31.9 Å². The molecular weight excluding hydrogens is 231 g/mol. The second-order valence-electron chi connectivity index (χ2n) is 3.31. The number of benzene rings is 1. The summed E-state index contributed by atoms with van der Waals surface area (Å²) in [6.45, 7) is 3.98. The second kappa shape index (κ2) is 5.59. The predicted molar refractivity (Wildman–Crippen MR) is 68.3 cm³/mol. The van der Waals surface area contributed by atoms with Crippen molar-refractivity contribution in [3.8, 4) is 0 Å². The van der Waals surface area contributed by atoms with Crippen molar-refractivity contribution in [3.05, 3.63) is 28.2 Å². The predicted octanol–water partition coefficient (Wildman–Crippen LogP) is 3.04. The fraction of sp³-hybridized carbons (Fsp3) is 0.455. The maximum absolute atomic E-state index is 6.13. The van der Waals surface area contributed by atoms with Gasteiger partial charge in [-0.1, -0.05) is 36.7 Å². The zero-order valence-electron chi connectivity index (χ0n) is 7.76. The molecular formula is C11H16Cl2N2. The summed E-state index contributed by atoms with van der Waals surface area (Å²) in [5, 5.41) is 4.59. The van der Waals surface area contributed by atoms with E-state index in [4.69, 9.17) is 23.2 Å². The first kappa shape index (κ1) is 12.6. The lowest BCUT2D eigenvalue weighted by Gasteiger charge is -2.30. The van der Waals surface area contributed by atoms with Gasteiger partial charge < -0.3 is 10.2 Å². The molecule has 1 aliphatic rings. The van der Waals surface area contributed by atoms with Crippen molar-refractivity contribution >= 4 is 28.9 Å². The van der Waals surface area contributed by atoms with Crippen molar-refractivity contribution in [2.45, 2.75) is 7.43 Å². The Morgan fingerprint density at radius 2 is 1.80 bits per heavy atom. The Hall–Kier alpha value is -0.440. The summed E-state index contributed by atoms with van der Waals surface area (Å²) in [5.41, 5.74) is 1.04. The van der Waals surface area contributed by atoms with E-state index in [2.05, 4.69) is 10.2 Å². The molecule has 1 aliphatic heterocycles. The van der Waals surface area contributed by atoms with Crippen LogP contribution in [0.5, 0.6) is 0 Å². The number of piperazine rings is 1. The van der Waals surface area contributed by atoms with Crippen LogP contribution in [0.4, 0.5) is 5.69 Å². The Bertz CT molecular complexity index is 322. The lowest BCUT2D eigenvalue weighted by atomic mass is 10.2. The van der Waals surface area contributed by atoms with E-state index < -0.39 is 0 Å². The van der Waals surface area contributed by atoms with Crippen LogP contribution in [-0.2, 0) is 0 Å². The topological polar surface area (TPSA) is 15.3 Å². The smallest absolute Gasteiger partial charge is 0.0825 e. The van der Waals surface area contributed by atoms with Crippen LogP contribution >= 0.6 is 23.2 Å². The van der Waals surface area contributed by atoms with Crippen molar-refractivity contribution < 1.29 is 0 Å². The van der Waals surface area contributed by atoms with Crippen LogP contribution in [0, 0.1) is 0 Å². The number of rotatable bonds is 1. The van der Waals surface area contributed by atoms with E-state index in [1.165, 1.54) is 0 Å². The molecule has 0 saturated carbocycles. The minimum atomic E-state index is 0. The maximum atomic E-state index is 6.13. The Morgan fingerprint density at radius 1 is 1.13 bits per heavy atom. The molecule has 0 aromatic heterocycles. The van der Waals surface area contributed by atoms with Gasteiger partial charge in [0.15, 0.2) is 0 Å². The summed E-state index contributed by atoms with van der Waals surface area (Å²) in [7, 11) is 0. The fourth-order valence-electron chi connectivity index (χ4n) is 1.64. The van der Waals surface area contributed by atoms with E-state index >= 15 is 0 Å². The van der Waals surface area contributed by atoms with Crippen molar-refractivity contribution in [2.24, 2.45) is 0 Å². The van der Waals surface area contributed by atoms with Crippen LogP contribution in [0.2, 0.25) is 10.0 Å². The van der Waals surface area contributed by atoms with Crippen LogP contribution < -0.4 is 10.2 Å². The lowest BCUT2D eigenvalue weighted by molar-refractivity contribution is 0.589. The molecule has 1 saturated heterocycles. The molecule has 2 rings (SSSR count). The SMILES string of the molecule is C.Clc1cccc(N2CCNCC2)c1Cl. The van der Waals surface area contributed by atoms with Gasteiger partial charge in [-0.15, -0.1) is 0 Å². The third-order valence-corrected chi connectivity index (χ3v) is 3.20. The summed E-state index contributed by atoms with van der Waals surface area (Å²) in [4.78, 5) is 2.25. The first-order chi connectivity index (χ1) is 6.79. The number of hydrogen-bond donors (Lipinski definition) is 1. The molecule has 0 spiro atoms. The van der Waals surface area contributed by atoms with E-state index in [9.17, 15) is 0 Å². The fourth-order valence-corrected chi connectivity index (χ4v) is 2.06. The van der Waals surface area contributed by atoms with Crippen molar-refractivity contribution in [1.82, 2.24) is 5.32 Å².